The van der Waals surface area contributed by atoms with Gasteiger partial charge in [-0.1, -0.05) is 16.8 Å². The van der Waals surface area contributed by atoms with Gasteiger partial charge in [-0.25, -0.2) is 4.79 Å². The molecule has 9 heteroatoms. The Hall–Kier alpha value is -2.32. The van der Waals surface area contributed by atoms with Crippen molar-refractivity contribution >= 4 is 32.7 Å². The summed E-state index contributed by atoms with van der Waals surface area (Å²) in [5.74, 6) is -0.0512. The van der Waals surface area contributed by atoms with Gasteiger partial charge in [0.1, 0.15) is 11.3 Å². The Morgan fingerprint density at radius 1 is 1.17 bits per heavy atom. The van der Waals surface area contributed by atoms with Gasteiger partial charge in [0.15, 0.2) is 16.4 Å². The van der Waals surface area contributed by atoms with Crippen LogP contribution in [0.4, 0.5) is 0 Å². The molecule has 2 aromatic heterocycles. The van der Waals surface area contributed by atoms with Gasteiger partial charge in [0.05, 0.1) is 5.02 Å². The number of aromatic nitrogens is 1. The summed E-state index contributed by atoms with van der Waals surface area (Å²) < 4.78 is 39.9. The molecule has 0 radical (unpaired) electrons. The quantitative estimate of drug-likeness (QED) is 0.516. The first-order chi connectivity index (χ1) is 11.2. The van der Waals surface area contributed by atoms with E-state index in [-0.39, 0.29) is 32.7 Å². The van der Waals surface area contributed by atoms with E-state index in [9.17, 15) is 13.2 Å². The summed E-state index contributed by atoms with van der Waals surface area (Å²) in [6.07, 6.45) is 0. The molecule has 0 unspecified atom stereocenters. The molecular weight excluding hydrogens is 358 g/mol. The van der Waals surface area contributed by atoms with E-state index in [2.05, 4.69) is 5.16 Å². The van der Waals surface area contributed by atoms with E-state index >= 15 is 0 Å². The van der Waals surface area contributed by atoms with Gasteiger partial charge >= 0.3 is 15.7 Å². The Bertz CT molecular complexity index is 1090. The van der Waals surface area contributed by atoms with Crippen molar-refractivity contribution in [2.75, 3.05) is 0 Å². The van der Waals surface area contributed by atoms with Gasteiger partial charge in [0, 0.05) is 17.5 Å². The molecule has 0 atom stereocenters. The zero-order valence-electron chi connectivity index (χ0n) is 12.9. The third-order valence-electron chi connectivity index (χ3n) is 3.42. The third-order valence-corrected chi connectivity index (χ3v) is 5.20. The molecule has 1 aromatic carbocycles. The number of benzene rings is 1. The minimum Gasteiger partial charge on any atom is -0.423 e. The van der Waals surface area contributed by atoms with Gasteiger partial charge in [0.2, 0.25) is 0 Å². The number of hydrogen-bond donors (Lipinski definition) is 0. The van der Waals surface area contributed by atoms with Crippen molar-refractivity contribution in [3.8, 4) is 5.75 Å². The zero-order chi connectivity index (χ0) is 17.6. The monoisotopic (exact) mass is 369 g/mol. The Morgan fingerprint density at radius 2 is 1.88 bits per heavy atom. The normalized spacial score (nSPS) is 11.8. The summed E-state index contributed by atoms with van der Waals surface area (Å²) >= 11 is 6.11. The Morgan fingerprint density at radius 3 is 2.50 bits per heavy atom. The lowest BCUT2D eigenvalue weighted by molar-refractivity contribution is 0.390. The highest BCUT2D eigenvalue weighted by Crippen LogP contribution is 2.33. The maximum Gasteiger partial charge on any atom is 0.344 e. The van der Waals surface area contributed by atoms with Crippen molar-refractivity contribution in [3.63, 3.8) is 0 Å². The molecule has 0 fully saturated rings. The van der Waals surface area contributed by atoms with E-state index < -0.39 is 15.7 Å². The summed E-state index contributed by atoms with van der Waals surface area (Å²) in [6.45, 7) is 4.66. The molecule has 0 aliphatic heterocycles. The van der Waals surface area contributed by atoms with E-state index in [4.69, 9.17) is 24.7 Å². The van der Waals surface area contributed by atoms with Crippen LogP contribution < -0.4 is 9.81 Å². The van der Waals surface area contributed by atoms with Crippen molar-refractivity contribution in [3.05, 3.63) is 50.7 Å². The molecule has 24 heavy (non-hydrogen) atoms. The number of halogens is 1. The first kappa shape index (κ1) is 16.5. The summed E-state index contributed by atoms with van der Waals surface area (Å²) in [6, 6.07) is 4.06. The van der Waals surface area contributed by atoms with E-state index in [1.54, 1.807) is 6.92 Å². The molecule has 7 nitrogen and oxygen atoms in total. The molecule has 3 aromatic rings. The van der Waals surface area contributed by atoms with Crippen LogP contribution in [-0.2, 0) is 10.1 Å². The number of rotatable bonds is 3. The van der Waals surface area contributed by atoms with Crippen molar-refractivity contribution in [1.29, 1.82) is 0 Å². The van der Waals surface area contributed by atoms with Crippen molar-refractivity contribution < 1.29 is 21.5 Å². The topological polar surface area (TPSA) is 99.6 Å². The van der Waals surface area contributed by atoms with Crippen molar-refractivity contribution in [1.82, 2.24) is 5.16 Å². The first-order valence-corrected chi connectivity index (χ1v) is 8.59. The van der Waals surface area contributed by atoms with Crippen LogP contribution in [0.1, 0.15) is 17.0 Å². The highest BCUT2D eigenvalue weighted by molar-refractivity contribution is 7.87. The fraction of sp³-hybridized carbons (Fsp3) is 0.200. The van der Waals surface area contributed by atoms with Crippen LogP contribution >= 0.6 is 11.6 Å². The second-order valence-corrected chi connectivity index (χ2v) is 7.11. The predicted octanol–water partition coefficient (Wildman–Crippen LogP) is 3.13. The summed E-state index contributed by atoms with van der Waals surface area (Å²) in [7, 11) is -4.20. The maximum absolute atomic E-state index is 12.5. The first-order valence-electron chi connectivity index (χ1n) is 6.80. The standard InChI is InChI=1S/C15H12ClNO6S/c1-7-4-14(18)21-12-6-13(11(16)5-10(7)12)23-24(19,20)15-8(2)17-22-9(15)3/h4-6H,1-3H3. The summed E-state index contributed by atoms with van der Waals surface area (Å²) in [5, 5.41) is 4.24. The second kappa shape index (κ2) is 5.64. The summed E-state index contributed by atoms with van der Waals surface area (Å²) in [5.41, 5.74) is 0.449. The maximum atomic E-state index is 12.5. The van der Waals surface area contributed by atoms with Crippen LogP contribution in [-0.4, -0.2) is 13.6 Å². The fourth-order valence-corrected chi connectivity index (χ4v) is 3.87. The molecule has 0 bridgehead atoms. The molecule has 0 spiro atoms. The zero-order valence-corrected chi connectivity index (χ0v) is 14.5. The van der Waals surface area contributed by atoms with Crippen LogP contribution in [0.3, 0.4) is 0 Å². The number of nitrogens with zero attached hydrogens (tertiary/aromatic N) is 1. The minimum absolute atomic E-state index is 0.0646. The van der Waals surface area contributed by atoms with Crippen LogP contribution in [0.5, 0.6) is 5.75 Å². The summed E-state index contributed by atoms with van der Waals surface area (Å²) in [4.78, 5) is 11.3. The lowest BCUT2D eigenvalue weighted by atomic mass is 10.1. The molecular formula is C15H12ClNO6S. The molecule has 0 saturated heterocycles. The lowest BCUT2D eigenvalue weighted by Gasteiger charge is -2.09. The lowest BCUT2D eigenvalue weighted by Crippen LogP contribution is -2.12. The van der Waals surface area contributed by atoms with E-state index in [1.807, 2.05) is 0 Å². The van der Waals surface area contributed by atoms with Crippen LogP contribution in [0.25, 0.3) is 11.0 Å². The third kappa shape index (κ3) is 2.78. The molecule has 0 aliphatic rings. The Labute approximate surface area is 141 Å². The van der Waals surface area contributed by atoms with Crippen LogP contribution in [0.15, 0.2) is 36.8 Å². The molecule has 126 valence electrons. The second-order valence-electron chi connectivity index (χ2n) is 5.22. The van der Waals surface area contributed by atoms with Gasteiger partial charge in [-0.05, 0) is 32.4 Å². The smallest absolute Gasteiger partial charge is 0.344 e. The van der Waals surface area contributed by atoms with E-state index in [1.165, 1.54) is 32.0 Å². The number of fused-ring (bicyclic) bond motifs is 1. The van der Waals surface area contributed by atoms with Gasteiger partial charge in [-0.3, -0.25) is 0 Å². The average Bonchev–Trinajstić information content (AvgIpc) is 2.80. The van der Waals surface area contributed by atoms with Crippen LogP contribution in [0, 0.1) is 20.8 Å². The number of aryl methyl sites for hydroxylation is 3. The van der Waals surface area contributed by atoms with E-state index in [0.29, 0.717) is 10.9 Å². The van der Waals surface area contributed by atoms with Gasteiger partial charge < -0.3 is 13.1 Å². The molecule has 0 N–H and O–H groups in total. The SMILES string of the molecule is Cc1noc(C)c1S(=O)(=O)Oc1cc2oc(=O)cc(C)c2cc1Cl. The molecule has 0 aliphatic carbocycles. The molecule has 2 heterocycles. The van der Waals surface area contributed by atoms with Gasteiger partial charge in [-0.2, -0.15) is 8.42 Å². The highest BCUT2D eigenvalue weighted by Gasteiger charge is 2.27. The Balaban J connectivity index is 2.14. The Kier molecular flexibility index (Phi) is 3.89. The number of hydrogen-bond acceptors (Lipinski definition) is 7. The molecule has 0 saturated carbocycles. The molecule has 0 amide bonds. The van der Waals surface area contributed by atoms with Crippen LogP contribution in [0.2, 0.25) is 5.02 Å². The van der Waals surface area contributed by atoms with Crippen molar-refractivity contribution in [2.45, 2.75) is 25.7 Å². The average molecular weight is 370 g/mol. The minimum atomic E-state index is -4.20. The fourth-order valence-electron chi connectivity index (χ4n) is 2.37. The predicted molar refractivity (Wildman–Crippen MR) is 86.0 cm³/mol. The van der Waals surface area contributed by atoms with E-state index in [0.717, 1.165) is 0 Å². The largest absolute Gasteiger partial charge is 0.423 e. The van der Waals surface area contributed by atoms with Gasteiger partial charge in [-0.15, -0.1) is 0 Å². The highest BCUT2D eigenvalue weighted by atomic mass is 35.5. The van der Waals surface area contributed by atoms with Gasteiger partial charge in [0.25, 0.3) is 0 Å². The molecule has 3 rings (SSSR count). The van der Waals surface area contributed by atoms with Crippen molar-refractivity contribution in [2.24, 2.45) is 0 Å².